The summed E-state index contributed by atoms with van der Waals surface area (Å²) in [5, 5.41) is 0. The molecule has 0 aromatic rings. The molecule has 0 aromatic heterocycles. The van der Waals surface area contributed by atoms with Gasteiger partial charge in [0.1, 0.15) is 0 Å². The average molecular weight is 248 g/mol. The van der Waals surface area contributed by atoms with Crippen molar-refractivity contribution in [3.05, 3.63) is 50.6 Å². The summed E-state index contributed by atoms with van der Waals surface area (Å²) in [4.78, 5) is 0. The van der Waals surface area contributed by atoms with E-state index >= 15 is 0 Å². The number of hydrogen-bond donors (Lipinski definition) is 0. The molecule has 98 valence electrons. The van der Waals surface area contributed by atoms with Crippen molar-refractivity contribution in [3.8, 4) is 0 Å². The van der Waals surface area contributed by atoms with Gasteiger partial charge in [-0.2, -0.15) is 13.2 Å². The van der Waals surface area contributed by atoms with Crippen molar-refractivity contribution in [1.82, 2.24) is 0 Å². The van der Waals surface area contributed by atoms with Crippen LogP contribution in [0.1, 0.15) is 0 Å². The zero-order valence-corrected chi connectivity index (χ0v) is 10.1. The first-order valence-electron chi connectivity index (χ1n) is 5.19. The summed E-state index contributed by atoms with van der Waals surface area (Å²) in [6.45, 7) is 15.2. The van der Waals surface area contributed by atoms with Crippen molar-refractivity contribution < 1.29 is 17.7 Å². The molecule has 1 nitrogen and oxygen atoms in total. The number of quaternary nitrogens is 1. The Hall–Kier alpha value is -1.29. The van der Waals surface area contributed by atoms with E-state index in [2.05, 4.69) is 26.3 Å². The van der Waals surface area contributed by atoms with Gasteiger partial charge in [0.2, 0.25) is 0 Å². The second-order valence-corrected chi connectivity index (χ2v) is 3.47. The third-order valence-corrected chi connectivity index (χ3v) is 2.07. The number of halogens is 3. The lowest BCUT2D eigenvalue weighted by Crippen LogP contribution is -2.48. The lowest BCUT2D eigenvalue weighted by Gasteiger charge is -2.35. The van der Waals surface area contributed by atoms with E-state index in [4.69, 9.17) is 0 Å². The summed E-state index contributed by atoms with van der Waals surface area (Å²) in [5.41, 5.74) is 0. The first-order chi connectivity index (χ1) is 7.97. The van der Waals surface area contributed by atoms with Gasteiger partial charge in [0.05, 0.1) is 26.2 Å². The Bertz CT molecular complexity index is 189. The summed E-state index contributed by atoms with van der Waals surface area (Å²) < 4.78 is 29.9. The van der Waals surface area contributed by atoms with Gasteiger partial charge in [0, 0.05) is 0 Å². The zero-order chi connectivity index (χ0) is 13.7. The van der Waals surface area contributed by atoms with E-state index in [9.17, 15) is 13.2 Å². The van der Waals surface area contributed by atoms with E-state index in [1.807, 2.05) is 24.3 Å². The van der Waals surface area contributed by atoms with Crippen LogP contribution in [-0.4, -0.2) is 37.3 Å². The molecule has 0 aromatic carbocycles. The maximum Gasteiger partial charge on any atom is 0.379 e. The highest BCUT2D eigenvalue weighted by Gasteiger charge is 2.20. The van der Waals surface area contributed by atoms with Gasteiger partial charge < -0.3 is 4.48 Å². The normalized spacial score (nSPS) is 10.1. The highest BCUT2D eigenvalue weighted by Crippen LogP contribution is 2.07. The van der Waals surface area contributed by atoms with E-state index in [1.165, 1.54) is 0 Å². The Balaban J connectivity index is 0. The minimum atomic E-state index is -3.67. The SMILES string of the molecule is C=CC[N+](CC=C)(CC=C)CC=C.FC(F)F. The van der Waals surface area contributed by atoms with Crippen molar-refractivity contribution in [2.45, 2.75) is 6.68 Å². The minimum Gasteiger partial charge on any atom is -0.311 e. The predicted molar refractivity (Wildman–Crippen MR) is 67.6 cm³/mol. The summed E-state index contributed by atoms with van der Waals surface area (Å²) in [6.07, 6.45) is 7.76. The summed E-state index contributed by atoms with van der Waals surface area (Å²) in [5.74, 6) is 0. The molecule has 0 aliphatic rings. The molecule has 0 fully saturated rings. The molecule has 0 unspecified atom stereocenters. The van der Waals surface area contributed by atoms with E-state index < -0.39 is 6.68 Å². The molecule has 0 atom stereocenters. The highest BCUT2D eigenvalue weighted by molar-refractivity contribution is 4.79. The first-order valence-corrected chi connectivity index (χ1v) is 5.19. The van der Waals surface area contributed by atoms with Crippen LogP contribution >= 0.6 is 0 Å². The second-order valence-electron chi connectivity index (χ2n) is 3.47. The third-order valence-electron chi connectivity index (χ3n) is 2.07. The van der Waals surface area contributed by atoms with Crippen LogP contribution in [0.25, 0.3) is 0 Å². The van der Waals surface area contributed by atoms with Gasteiger partial charge in [0.25, 0.3) is 0 Å². The Labute approximate surface area is 102 Å². The molecule has 4 heteroatoms. The standard InChI is InChI=1S/C12H20N.CHF3/c1-5-9-13(10-6-2,11-7-3)12-8-4;2-1(3)4/h5-8H,1-4,9-12H2;1H/q+1;. The summed E-state index contributed by atoms with van der Waals surface area (Å²) >= 11 is 0. The molecule has 0 aliphatic carbocycles. The monoisotopic (exact) mass is 248 g/mol. The van der Waals surface area contributed by atoms with Crippen LogP contribution in [0.5, 0.6) is 0 Å². The fourth-order valence-corrected chi connectivity index (χ4v) is 1.54. The topological polar surface area (TPSA) is 0 Å². The zero-order valence-electron chi connectivity index (χ0n) is 10.1. The van der Waals surface area contributed by atoms with Crippen molar-refractivity contribution in [2.24, 2.45) is 0 Å². The van der Waals surface area contributed by atoms with E-state index in [-0.39, 0.29) is 0 Å². The van der Waals surface area contributed by atoms with Gasteiger partial charge >= 0.3 is 6.68 Å². The molecular weight excluding hydrogens is 227 g/mol. The smallest absolute Gasteiger partial charge is 0.311 e. The van der Waals surface area contributed by atoms with Gasteiger partial charge in [-0.05, 0) is 24.3 Å². The van der Waals surface area contributed by atoms with Gasteiger partial charge in [-0.1, -0.05) is 26.3 Å². The molecule has 0 bridgehead atoms. The molecule has 0 rings (SSSR count). The van der Waals surface area contributed by atoms with Crippen molar-refractivity contribution in [1.29, 1.82) is 0 Å². The maximum absolute atomic E-state index is 9.67. The largest absolute Gasteiger partial charge is 0.379 e. The fraction of sp³-hybridized carbons (Fsp3) is 0.385. The molecule has 0 spiro atoms. The van der Waals surface area contributed by atoms with Crippen LogP contribution in [0.2, 0.25) is 0 Å². The quantitative estimate of drug-likeness (QED) is 0.453. The van der Waals surface area contributed by atoms with Crippen LogP contribution in [-0.2, 0) is 0 Å². The molecule has 17 heavy (non-hydrogen) atoms. The van der Waals surface area contributed by atoms with Crippen molar-refractivity contribution in [2.75, 3.05) is 26.2 Å². The minimum absolute atomic E-state index is 0.903. The maximum atomic E-state index is 9.67. The van der Waals surface area contributed by atoms with E-state index in [1.54, 1.807) is 0 Å². The Morgan fingerprint density at radius 2 is 0.882 bits per heavy atom. The lowest BCUT2D eigenvalue weighted by molar-refractivity contribution is -0.906. The molecule has 0 saturated carbocycles. The first kappa shape index (κ1) is 18.1. The van der Waals surface area contributed by atoms with E-state index in [0.29, 0.717) is 0 Å². The van der Waals surface area contributed by atoms with Gasteiger partial charge in [0.15, 0.2) is 0 Å². The predicted octanol–water partition coefficient (Wildman–Crippen LogP) is 3.73. The Morgan fingerprint density at radius 3 is 1.00 bits per heavy atom. The number of rotatable bonds is 8. The van der Waals surface area contributed by atoms with Gasteiger partial charge in [-0.25, -0.2) is 0 Å². The summed E-state index contributed by atoms with van der Waals surface area (Å²) in [7, 11) is 0. The van der Waals surface area contributed by atoms with Crippen LogP contribution in [0.15, 0.2) is 50.6 Å². The Morgan fingerprint density at radius 1 is 0.706 bits per heavy atom. The number of hydrogen-bond acceptors (Lipinski definition) is 0. The molecule has 0 N–H and O–H groups in total. The Kier molecular flexibility index (Phi) is 11.9. The van der Waals surface area contributed by atoms with Gasteiger partial charge in [-0.3, -0.25) is 0 Å². The third kappa shape index (κ3) is 11.0. The lowest BCUT2D eigenvalue weighted by atomic mass is 10.3. The van der Waals surface area contributed by atoms with Crippen molar-refractivity contribution in [3.63, 3.8) is 0 Å². The molecule has 0 heterocycles. The van der Waals surface area contributed by atoms with Crippen LogP contribution in [0, 0.1) is 0 Å². The summed E-state index contributed by atoms with van der Waals surface area (Å²) in [6, 6.07) is 0. The molecule has 0 saturated heterocycles. The van der Waals surface area contributed by atoms with Crippen LogP contribution < -0.4 is 0 Å². The number of alkyl halides is 3. The number of nitrogens with zero attached hydrogens (tertiary/aromatic N) is 1. The second kappa shape index (κ2) is 11.2. The fourth-order valence-electron chi connectivity index (χ4n) is 1.54. The van der Waals surface area contributed by atoms with Crippen molar-refractivity contribution >= 4 is 0 Å². The highest BCUT2D eigenvalue weighted by atomic mass is 19.4. The molecular formula is C13H21F3N+. The molecule has 0 amide bonds. The van der Waals surface area contributed by atoms with Crippen LogP contribution in [0.3, 0.4) is 0 Å². The van der Waals surface area contributed by atoms with Gasteiger partial charge in [-0.15, -0.1) is 0 Å². The van der Waals surface area contributed by atoms with Crippen LogP contribution in [0.4, 0.5) is 13.2 Å². The molecule has 0 aliphatic heterocycles. The van der Waals surface area contributed by atoms with E-state index in [0.717, 1.165) is 30.7 Å². The molecule has 0 radical (unpaired) electrons. The average Bonchev–Trinajstić information content (AvgIpc) is 2.18.